The van der Waals surface area contributed by atoms with Crippen LogP contribution in [0.5, 0.6) is 17.2 Å². The van der Waals surface area contributed by atoms with Gasteiger partial charge < -0.3 is 43.2 Å². The van der Waals surface area contributed by atoms with Crippen molar-refractivity contribution in [2.75, 3.05) is 82.0 Å². The van der Waals surface area contributed by atoms with Gasteiger partial charge in [-0.2, -0.15) is 0 Å². The molecule has 0 N–H and O–H groups in total. The number of para-hydroxylation sites is 2. The van der Waals surface area contributed by atoms with Crippen LogP contribution in [-0.2, 0) is 67.8 Å². The van der Waals surface area contributed by atoms with Gasteiger partial charge in [0.15, 0.2) is 11.5 Å². The van der Waals surface area contributed by atoms with Crippen molar-refractivity contribution in [3.63, 3.8) is 0 Å². The third-order valence-corrected chi connectivity index (χ3v) is 12.8. The average molecular weight is 1070 g/mol. The van der Waals surface area contributed by atoms with Crippen molar-refractivity contribution in [2.45, 2.75) is 57.9 Å². The van der Waals surface area contributed by atoms with Gasteiger partial charge in [-0.05, 0) is 122 Å². The molecule has 67 heavy (non-hydrogen) atoms. The smallest absolute Gasteiger partial charge is 0.261 e. The minimum atomic E-state index is -0.188. The van der Waals surface area contributed by atoms with E-state index in [0.29, 0.717) is 67.9 Å². The van der Waals surface area contributed by atoms with Gasteiger partial charge in [-0.15, -0.1) is 0 Å². The monoisotopic (exact) mass is 1070 g/mol. The molecule has 0 bridgehead atoms. The summed E-state index contributed by atoms with van der Waals surface area (Å²) >= 11 is 0. The Morgan fingerprint density at radius 1 is 0.716 bits per heavy atom. The largest absolute Gasteiger partial charge is 0.540 e. The number of aliphatic imine (C=N–C) groups is 1. The fourth-order valence-corrected chi connectivity index (χ4v) is 9.43. The second kappa shape index (κ2) is 21.4. The maximum absolute atomic E-state index is 14.1. The minimum absolute atomic E-state index is 0. The Kier molecular flexibility index (Phi) is 15.2. The molecule has 0 aromatic heterocycles. The number of likely N-dealkylation sites (N-methyl/N-ethyl adjacent to an activating group) is 1. The number of benzene rings is 5. The Morgan fingerprint density at radius 2 is 1.37 bits per heavy atom. The molecule has 2 amide bonds. The van der Waals surface area contributed by atoms with Gasteiger partial charge in [-0.1, -0.05) is 42.9 Å². The van der Waals surface area contributed by atoms with Crippen LogP contribution in [0.1, 0.15) is 60.5 Å². The quantitative estimate of drug-likeness (QED) is 0.0608. The Labute approximate surface area is 406 Å². The van der Waals surface area contributed by atoms with Crippen molar-refractivity contribution in [1.29, 1.82) is 0 Å². The summed E-state index contributed by atoms with van der Waals surface area (Å²) in [6.07, 6.45) is 7.10. The molecule has 5 aromatic rings. The standard InChI is InChI=1S/C53H56N5O8.W/c1-35-23-44-38(13-14-41-27-39-9-5-7-11-47(39)57(41)52(44)60)29-49(35)65-33-36-24-37(26-42(25-36)56(15-18-59)17-20-64-22-21-63-19-16-55(2)3)34-66-51-31-46-45(30-50(51)62-4)53(61)58-43(32-54-46)28-40-10-6-8-12-48(40)58;/h5-12,23-26,29-32,41,43H,13-17,19-22,27-28,33-34H2,1-4H3;/q-1;/t41-,43+;/m1./s1. The van der Waals surface area contributed by atoms with Crippen LogP contribution >= 0.6 is 0 Å². The summed E-state index contributed by atoms with van der Waals surface area (Å²) < 4.78 is 30.5. The van der Waals surface area contributed by atoms with Crippen molar-refractivity contribution in [2.24, 2.45) is 4.99 Å². The number of anilines is 3. The van der Waals surface area contributed by atoms with Crippen LogP contribution in [-0.4, -0.2) is 109 Å². The van der Waals surface area contributed by atoms with Gasteiger partial charge in [0.05, 0.1) is 50.8 Å². The number of aryl methyl sites for hydroxylation is 2. The molecule has 0 spiro atoms. The van der Waals surface area contributed by atoms with E-state index in [0.717, 1.165) is 76.3 Å². The number of rotatable bonds is 19. The molecule has 0 aliphatic carbocycles. The van der Waals surface area contributed by atoms with Gasteiger partial charge in [0.2, 0.25) is 0 Å². The average Bonchev–Trinajstić information content (AvgIpc) is 3.82. The molecule has 348 valence electrons. The van der Waals surface area contributed by atoms with Gasteiger partial charge in [-0.3, -0.25) is 19.5 Å². The van der Waals surface area contributed by atoms with Crippen LogP contribution < -0.4 is 28.9 Å². The topological polar surface area (TPSA) is 123 Å². The number of ether oxygens (including phenoxy) is 5. The molecule has 13 nitrogen and oxygen atoms in total. The van der Waals surface area contributed by atoms with Crippen molar-refractivity contribution in [3.8, 4) is 17.2 Å². The number of nitrogens with zero attached hydrogens (tertiary/aromatic N) is 5. The van der Waals surface area contributed by atoms with E-state index in [9.17, 15) is 14.4 Å². The molecule has 9 rings (SSSR count). The van der Waals surface area contributed by atoms with E-state index < -0.39 is 0 Å². The number of carbonyl (C=O) groups excluding carboxylic acids is 3. The number of amides is 2. The third-order valence-electron chi connectivity index (χ3n) is 12.8. The Bertz CT molecular complexity index is 2650. The van der Waals surface area contributed by atoms with Gasteiger partial charge in [0.25, 0.3) is 11.8 Å². The Hall–Kier alpha value is -5.85. The zero-order chi connectivity index (χ0) is 45.7. The first-order valence-corrected chi connectivity index (χ1v) is 22.7. The first kappa shape index (κ1) is 47.6. The van der Waals surface area contributed by atoms with Crippen LogP contribution in [0, 0.1) is 6.92 Å². The minimum Gasteiger partial charge on any atom is -0.540 e. The summed E-state index contributed by atoms with van der Waals surface area (Å²) in [7, 11) is 5.56. The summed E-state index contributed by atoms with van der Waals surface area (Å²) in [5.41, 5.74) is 10.2. The Balaban J connectivity index is 0.00000608. The van der Waals surface area contributed by atoms with Crippen LogP contribution in [0.25, 0.3) is 0 Å². The maximum Gasteiger partial charge on any atom is 0.261 e. The molecular formula is C53H56N5O8W-. The summed E-state index contributed by atoms with van der Waals surface area (Å²) in [4.78, 5) is 52.6. The molecular weight excluding hydrogens is 1020 g/mol. The molecule has 4 aliphatic rings. The van der Waals surface area contributed by atoms with E-state index in [-0.39, 0.29) is 64.7 Å². The molecule has 5 aromatic carbocycles. The van der Waals surface area contributed by atoms with Crippen LogP contribution in [0.3, 0.4) is 0 Å². The summed E-state index contributed by atoms with van der Waals surface area (Å²) in [5.74, 6) is 1.44. The predicted molar refractivity (Wildman–Crippen MR) is 255 cm³/mol. The zero-order valence-corrected chi connectivity index (χ0v) is 41.4. The summed E-state index contributed by atoms with van der Waals surface area (Å²) in [6.45, 7) is 5.52. The van der Waals surface area contributed by atoms with Gasteiger partial charge in [0, 0.05) is 81.5 Å². The molecule has 0 radical (unpaired) electrons. The normalized spacial score (nSPS) is 16.5. The SMILES string of the molecule is COc1cc2c(cc1OCc1cc(COc3cc4c(cc3C)C(=O)N3c5ccccc5C[C@H]3CC4)cc(N(C[C-]=O)CCOCCOCCN(C)C)c1)N=C[C@@H]1Cc3ccccc3N1C2=O.[W]. The molecule has 4 heterocycles. The molecule has 0 saturated heterocycles. The van der Waals surface area contributed by atoms with E-state index in [1.807, 2.05) is 115 Å². The first-order valence-electron chi connectivity index (χ1n) is 22.7. The van der Waals surface area contributed by atoms with E-state index in [4.69, 9.17) is 28.7 Å². The predicted octanol–water partition coefficient (Wildman–Crippen LogP) is 7.48. The second-order valence-electron chi connectivity index (χ2n) is 17.5. The van der Waals surface area contributed by atoms with Gasteiger partial charge >= 0.3 is 0 Å². The van der Waals surface area contributed by atoms with Crippen molar-refractivity contribution in [1.82, 2.24) is 4.90 Å². The summed E-state index contributed by atoms with van der Waals surface area (Å²) in [6, 6.07) is 29.6. The number of carbonyl (C=O) groups is 2. The first-order chi connectivity index (χ1) is 32.2. The van der Waals surface area contributed by atoms with Crippen molar-refractivity contribution in [3.05, 3.63) is 136 Å². The zero-order valence-electron chi connectivity index (χ0n) is 38.5. The molecule has 4 aliphatic heterocycles. The molecule has 0 fully saturated rings. The summed E-state index contributed by atoms with van der Waals surface area (Å²) in [5, 5.41) is 0. The fourth-order valence-electron chi connectivity index (χ4n) is 9.43. The van der Waals surface area contributed by atoms with Crippen LogP contribution in [0.2, 0.25) is 0 Å². The molecule has 0 unspecified atom stereocenters. The van der Waals surface area contributed by atoms with Gasteiger partial charge in [-0.25, -0.2) is 6.29 Å². The number of methoxy groups -OCH3 is 1. The second-order valence-corrected chi connectivity index (χ2v) is 17.5. The fraction of sp³-hybridized carbons (Fsp3) is 0.358. The molecule has 0 saturated carbocycles. The molecule has 14 heteroatoms. The van der Waals surface area contributed by atoms with Crippen LogP contribution in [0.15, 0.2) is 96.0 Å². The van der Waals surface area contributed by atoms with E-state index in [1.54, 1.807) is 19.2 Å². The third kappa shape index (κ3) is 10.4. The number of hydrogen-bond acceptors (Lipinski definition) is 11. The van der Waals surface area contributed by atoms with E-state index >= 15 is 0 Å². The maximum atomic E-state index is 14.1. The van der Waals surface area contributed by atoms with Crippen LogP contribution in [0.4, 0.5) is 22.7 Å². The van der Waals surface area contributed by atoms with Crippen molar-refractivity contribution >= 4 is 47.1 Å². The molecule has 2 atom stereocenters. The number of fused-ring (bicyclic) bond motifs is 8. The van der Waals surface area contributed by atoms with Gasteiger partial charge in [0.1, 0.15) is 19.0 Å². The van der Waals surface area contributed by atoms with E-state index in [1.165, 1.54) is 5.56 Å². The Morgan fingerprint density at radius 3 is 2.07 bits per heavy atom. The number of hydrogen-bond donors (Lipinski definition) is 0. The van der Waals surface area contributed by atoms with Crippen molar-refractivity contribution < 1.29 is 59.1 Å². The van der Waals surface area contributed by atoms with E-state index in [2.05, 4.69) is 17.3 Å².